The lowest BCUT2D eigenvalue weighted by Gasteiger charge is -2.13. The summed E-state index contributed by atoms with van der Waals surface area (Å²) in [5.74, 6) is 1.60. The molecule has 0 spiro atoms. The minimum absolute atomic E-state index is 0.271. The van der Waals surface area contributed by atoms with Crippen molar-refractivity contribution in [3.8, 4) is 11.5 Å². The Bertz CT molecular complexity index is 950. The van der Waals surface area contributed by atoms with Crippen molar-refractivity contribution >= 4 is 39.3 Å². The fourth-order valence-electron chi connectivity index (χ4n) is 2.55. The topological polar surface area (TPSA) is 60.5 Å². The van der Waals surface area contributed by atoms with Crippen LogP contribution in [0.25, 0.3) is 0 Å². The van der Waals surface area contributed by atoms with E-state index in [1.54, 1.807) is 37.2 Å². The van der Waals surface area contributed by atoms with Crippen molar-refractivity contribution in [3.63, 3.8) is 0 Å². The number of pyridine rings is 1. The number of ether oxygens (including phenoxy) is 2. The van der Waals surface area contributed by atoms with Gasteiger partial charge in [0.15, 0.2) is 0 Å². The summed E-state index contributed by atoms with van der Waals surface area (Å²) in [7, 11) is 3.08. The molecule has 3 aromatic rings. The van der Waals surface area contributed by atoms with E-state index in [0.717, 1.165) is 10.6 Å². The van der Waals surface area contributed by atoms with E-state index in [9.17, 15) is 4.79 Å². The third kappa shape index (κ3) is 5.05. The molecule has 5 nitrogen and oxygen atoms in total. The van der Waals surface area contributed by atoms with E-state index in [1.807, 2.05) is 42.6 Å². The number of methoxy groups -OCH3 is 2. The van der Waals surface area contributed by atoms with Gasteiger partial charge in [-0.15, -0.1) is 11.8 Å². The first-order chi connectivity index (χ1) is 13.6. The van der Waals surface area contributed by atoms with Crippen molar-refractivity contribution in [3.05, 3.63) is 76.5 Å². The SMILES string of the molecule is COc1cc(Br)c(OC)c(C(=O)Nc2ccc(SCc3cccnc3)cc2)c1. The molecular weight excluding hydrogens is 440 g/mol. The molecule has 0 aliphatic carbocycles. The number of carbonyl (C=O) groups excluding carboxylic acids is 1. The molecule has 7 heteroatoms. The molecule has 1 heterocycles. The minimum Gasteiger partial charge on any atom is -0.497 e. The summed E-state index contributed by atoms with van der Waals surface area (Å²) in [5.41, 5.74) is 2.26. The van der Waals surface area contributed by atoms with Crippen LogP contribution in [0.1, 0.15) is 15.9 Å². The van der Waals surface area contributed by atoms with Crippen LogP contribution in [-0.4, -0.2) is 25.1 Å². The van der Waals surface area contributed by atoms with E-state index in [4.69, 9.17) is 9.47 Å². The molecule has 1 amide bonds. The van der Waals surface area contributed by atoms with Crippen molar-refractivity contribution < 1.29 is 14.3 Å². The predicted octanol–water partition coefficient (Wildman–Crippen LogP) is 5.41. The molecule has 144 valence electrons. The Morgan fingerprint density at radius 3 is 2.57 bits per heavy atom. The van der Waals surface area contributed by atoms with Gasteiger partial charge in [-0.25, -0.2) is 0 Å². The van der Waals surface area contributed by atoms with E-state index < -0.39 is 0 Å². The summed E-state index contributed by atoms with van der Waals surface area (Å²) in [5, 5.41) is 2.90. The normalized spacial score (nSPS) is 10.4. The highest BCUT2D eigenvalue weighted by Crippen LogP contribution is 2.34. The van der Waals surface area contributed by atoms with Gasteiger partial charge in [-0.3, -0.25) is 9.78 Å². The first-order valence-corrected chi connectivity index (χ1v) is 10.2. The molecule has 0 aliphatic rings. The van der Waals surface area contributed by atoms with Crippen molar-refractivity contribution in [2.24, 2.45) is 0 Å². The Morgan fingerprint density at radius 1 is 1.14 bits per heavy atom. The number of amides is 1. The molecule has 28 heavy (non-hydrogen) atoms. The van der Waals surface area contributed by atoms with Gasteiger partial charge >= 0.3 is 0 Å². The van der Waals surface area contributed by atoms with Crippen LogP contribution in [0.5, 0.6) is 11.5 Å². The first kappa shape index (κ1) is 20.2. The van der Waals surface area contributed by atoms with Crippen LogP contribution >= 0.6 is 27.7 Å². The van der Waals surface area contributed by atoms with Gasteiger partial charge in [-0.05, 0) is 64.0 Å². The second kappa shape index (κ2) is 9.61. The van der Waals surface area contributed by atoms with Crippen molar-refractivity contribution in [1.82, 2.24) is 4.98 Å². The summed E-state index contributed by atoms with van der Waals surface area (Å²) < 4.78 is 11.3. The van der Waals surface area contributed by atoms with Crippen LogP contribution in [-0.2, 0) is 5.75 Å². The van der Waals surface area contributed by atoms with Crippen LogP contribution in [0.2, 0.25) is 0 Å². The number of thioether (sulfide) groups is 1. The molecule has 0 saturated heterocycles. The van der Waals surface area contributed by atoms with Gasteiger partial charge in [0.25, 0.3) is 5.91 Å². The van der Waals surface area contributed by atoms with Crippen molar-refractivity contribution in [1.29, 1.82) is 0 Å². The quantitative estimate of drug-likeness (QED) is 0.479. The molecule has 1 N–H and O–H groups in total. The number of benzene rings is 2. The van der Waals surface area contributed by atoms with Gasteiger partial charge in [-0.1, -0.05) is 6.07 Å². The highest BCUT2D eigenvalue weighted by Gasteiger charge is 2.17. The maximum atomic E-state index is 12.7. The van der Waals surface area contributed by atoms with Crippen molar-refractivity contribution in [2.75, 3.05) is 19.5 Å². The zero-order valence-corrected chi connectivity index (χ0v) is 17.8. The maximum Gasteiger partial charge on any atom is 0.259 e. The number of nitrogens with zero attached hydrogens (tertiary/aromatic N) is 1. The lowest BCUT2D eigenvalue weighted by molar-refractivity contribution is 0.102. The van der Waals surface area contributed by atoms with Gasteiger partial charge in [-0.2, -0.15) is 0 Å². The Kier molecular flexibility index (Phi) is 6.95. The highest BCUT2D eigenvalue weighted by atomic mass is 79.9. The van der Waals surface area contributed by atoms with Gasteiger partial charge < -0.3 is 14.8 Å². The number of carbonyl (C=O) groups is 1. The molecule has 0 radical (unpaired) electrons. The highest BCUT2D eigenvalue weighted by molar-refractivity contribution is 9.10. The van der Waals surface area contributed by atoms with Crippen molar-refractivity contribution in [2.45, 2.75) is 10.6 Å². The largest absolute Gasteiger partial charge is 0.497 e. The second-order valence-electron chi connectivity index (χ2n) is 5.82. The summed E-state index contributed by atoms with van der Waals surface area (Å²) in [6.07, 6.45) is 3.63. The Hall–Kier alpha value is -2.51. The Morgan fingerprint density at radius 2 is 1.93 bits per heavy atom. The summed E-state index contributed by atoms with van der Waals surface area (Å²) in [6, 6.07) is 15.1. The van der Waals surface area contributed by atoms with Crippen LogP contribution in [0.3, 0.4) is 0 Å². The molecule has 2 aromatic carbocycles. The number of hydrogen-bond acceptors (Lipinski definition) is 5. The monoisotopic (exact) mass is 458 g/mol. The molecular formula is C21H19BrN2O3S. The van der Waals surface area contributed by atoms with E-state index in [1.165, 1.54) is 12.7 Å². The summed E-state index contributed by atoms with van der Waals surface area (Å²) in [4.78, 5) is 18.0. The molecule has 0 fully saturated rings. The first-order valence-electron chi connectivity index (χ1n) is 8.45. The fraction of sp³-hybridized carbons (Fsp3) is 0.143. The minimum atomic E-state index is -0.271. The van der Waals surface area contributed by atoms with E-state index in [2.05, 4.69) is 26.2 Å². The molecule has 0 unspecified atom stereocenters. The number of anilines is 1. The van der Waals surface area contributed by atoms with Gasteiger partial charge in [0, 0.05) is 28.7 Å². The predicted molar refractivity (Wildman–Crippen MR) is 115 cm³/mol. The zero-order valence-electron chi connectivity index (χ0n) is 15.4. The third-order valence-electron chi connectivity index (χ3n) is 3.94. The molecule has 3 rings (SSSR count). The average Bonchev–Trinajstić information content (AvgIpc) is 2.73. The number of aromatic nitrogens is 1. The van der Waals surface area contributed by atoms with Gasteiger partial charge in [0.1, 0.15) is 11.5 Å². The molecule has 0 atom stereocenters. The molecule has 1 aromatic heterocycles. The average molecular weight is 459 g/mol. The molecule has 0 aliphatic heterocycles. The lowest BCUT2D eigenvalue weighted by atomic mass is 10.1. The van der Waals surface area contributed by atoms with Gasteiger partial charge in [0.2, 0.25) is 0 Å². The smallest absolute Gasteiger partial charge is 0.259 e. The zero-order chi connectivity index (χ0) is 19.9. The molecule has 0 bridgehead atoms. The summed E-state index contributed by atoms with van der Waals surface area (Å²) in [6.45, 7) is 0. The number of nitrogens with one attached hydrogen (secondary N) is 1. The second-order valence-corrected chi connectivity index (χ2v) is 7.72. The lowest BCUT2D eigenvalue weighted by Crippen LogP contribution is -2.13. The Labute approximate surface area is 176 Å². The van der Waals surface area contributed by atoms with Crippen LogP contribution in [0.4, 0.5) is 5.69 Å². The maximum absolute atomic E-state index is 12.7. The fourth-order valence-corrected chi connectivity index (χ4v) is 3.98. The summed E-state index contributed by atoms with van der Waals surface area (Å²) >= 11 is 5.12. The third-order valence-corrected chi connectivity index (χ3v) is 5.61. The number of halogens is 1. The van der Waals surface area contributed by atoms with Gasteiger partial charge in [0.05, 0.1) is 24.3 Å². The van der Waals surface area contributed by atoms with E-state index >= 15 is 0 Å². The van der Waals surface area contributed by atoms with Crippen LogP contribution in [0, 0.1) is 0 Å². The molecule has 0 saturated carbocycles. The van der Waals surface area contributed by atoms with E-state index in [-0.39, 0.29) is 5.91 Å². The van der Waals surface area contributed by atoms with E-state index in [0.29, 0.717) is 27.2 Å². The number of hydrogen-bond donors (Lipinski definition) is 1. The number of rotatable bonds is 7. The standard InChI is InChI=1S/C21H19BrN2O3S/c1-26-16-10-18(20(27-2)19(22)11-16)21(25)24-15-5-7-17(8-6-15)28-13-14-4-3-9-23-12-14/h3-12H,13H2,1-2H3,(H,24,25). The Balaban J connectivity index is 1.68. The van der Waals surface area contributed by atoms with Crippen LogP contribution < -0.4 is 14.8 Å². The van der Waals surface area contributed by atoms with Crippen LogP contribution in [0.15, 0.2) is 70.3 Å².